The molecule has 110 valence electrons. The molecule has 0 spiro atoms. The number of aryl methyl sites for hydroxylation is 2. The van der Waals surface area contributed by atoms with E-state index >= 15 is 0 Å². The number of anilines is 1. The molecule has 2 rings (SSSR count). The maximum Gasteiger partial charge on any atom is 0.257 e. The predicted molar refractivity (Wildman–Crippen MR) is 72.5 cm³/mol. The van der Waals surface area contributed by atoms with Crippen LogP contribution in [0.2, 0.25) is 0 Å². The lowest BCUT2D eigenvalue weighted by Crippen LogP contribution is -2.20. The molecule has 1 amide bonds. The van der Waals surface area contributed by atoms with Gasteiger partial charge in [-0.3, -0.25) is 9.59 Å². The van der Waals surface area contributed by atoms with Crippen molar-refractivity contribution >= 4 is 11.6 Å². The van der Waals surface area contributed by atoms with Crippen molar-refractivity contribution in [2.75, 3.05) is 5.32 Å². The van der Waals surface area contributed by atoms with E-state index in [1.165, 1.54) is 13.0 Å². The zero-order valence-corrected chi connectivity index (χ0v) is 11.3. The van der Waals surface area contributed by atoms with Gasteiger partial charge in [0.15, 0.2) is 17.4 Å². The average Bonchev–Trinajstić information content (AvgIpc) is 2.38. The first-order valence-corrected chi connectivity index (χ1v) is 6.00. The van der Waals surface area contributed by atoms with Gasteiger partial charge in [-0.1, -0.05) is 0 Å². The van der Waals surface area contributed by atoms with E-state index in [-0.39, 0.29) is 16.8 Å². The van der Waals surface area contributed by atoms with Gasteiger partial charge >= 0.3 is 0 Å². The topological polar surface area (TPSA) is 82.2 Å². The van der Waals surface area contributed by atoms with Gasteiger partial charge in [-0.05, 0) is 31.5 Å². The van der Waals surface area contributed by atoms with Crippen LogP contribution < -0.4 is 10.9 Å². The monoisotopic (exact) mass is 294 g/mol. The third-order valence-corrected chi connectivity index (χ3v) is 2.97. The number of phenols is 1. The minimum absolute atomic E-state index is 0.179. The zero-order valence-electron chi connectivity index (χ0n) is 11.3. The number of benzene rings is 1. The highest BCUT2D eigenvalue weighted by molar-refractivity contribution is 6.06. The summed E-state index contributed by atoms with van der Waals surface area (Å²) in [5.74, 6) is -4.22. The van der Waals surface area contributed by atoms with Gasteiger partial charge in [-0.2, -0.15) is 0 Å². The molecular weight excluding hydrogens is 282 g/mol. The van der Waals surface area contributed by atoms with Crippen LogP contribution >= 0.6 is 0 Å². The number of hydrogen-bond donors (Lipinski definition) is 3. The molecule has 0 radical (unpaired) electrons. The molecule has 2 aromatic rings. The Morgan fingerprint density at radius 2 is 1.95 bits per heavy atom. The summed E-state index contributed by atoms with van der Waals surface area (Å²) in [5, 5.41) is 11.4. The second kappa shape index (κ2) is 5.35. The van der Waals surface area contributed by atoms with E-state index in [1.54, 1.807) is 6.92 Å². The Morgan fingerprint density at radius 3 is 2.57 bits per heavy atom. The molecule has 0 atom stereocenters. The maximum atomic E-state index is 13.6. The summed E-state index contributed by atoms with van der Waals surface area (Å²) < 4.78 is 26.6. The van der Waals surface area contributed by atoms with Gasteiger partial charge < -0.3 is 15.4 Å². The minimum atomic E-state index is -1.26. The number of nitrogens with one attached hydrogen (secondary N) is 2. The summed E-state index contributed by atoms with van der Waals surface area (Å²) >= 11 is 0. The first-order valence-electron chi connectivity index (χ1n) is 6.00. The molecule has 5 nitrogen and oxygen atoms in total. The van der Waals surface area contributed by atoms with Crippen LogP contribution in [0.25, 0.3) is 0 Å². The van der Waals surface area contributed by atoms with Crippen LogP contribution in [0.4, 0.5) is 14.5 Å². The number of aromatic amines is 1. The Hall–Kier alpha value is -2.70. The average molecular weight is 294 g/mol. The van der Waals surface area contributed by atoms with E-state index in [0.29, 0.717) is 11.3 Å². The van der Waals surface area contributed by atoms with E-state index in [0.717, 1.165) is 12.1 Å². The van der Waals surface area contributed by atoms with Gasteiger partial charge in [0.25, 0.3) is 5.91 Å². The van der Waals surface area contributed by atoms with E-state index in [1.807, 2.05) is 0 Å². The Kier molecular flexibility index (Phi) is 3.75. The molecule has 0 saturated heterocycles. The number of rotatable bonds is 2. The Balaban J connectivity index is 2.40. The molecule has 7 heteroatoms. The molecule has 0 aliphatic rings. The maximum absolute atomic E-state index is 13.6. The summed E-state index contributed by atoms with van der Waals surface area (Å²) in [6.07, 6.45) is 0. The highest BCUT2D eigenvalue weighted by atomic mass is 19.1. The molecule has 1 heterocycles. The van der Waals surface area contributed by atoms with Crippen molar-refractivity contribution in [2.45, 2.75) is 13.8 Å². The Bertz CT molecular complexity index is 758. The number of hydrogen-bond acceptors (Lipinski definition) is 3. The normalized spacial score (nSPS) is 10.5. The lowest BCUT2D eigenvalue weighted by Gasteiger charge is -2.11. The molecule has 0 saturated carbocycles. The number of pyridine rings is 1. The third-order valence-electron chi connectivity index (χ3n) is 2.97. The molecule has 0 unspecified atom stereocenters. The molecule has 0 fully saturated rings. The van der Waals surface area contributed by atoms with Crippen LogP contribution in [-0.4, -0.2) is 16.0 Å². The second-order valence-corrected chi connectivity index (χ2v) is 4.53. The van der Waals surface area contributed by atoms with Crippen molar-refractivity contribution in [3.8, 4) is 5.75 Å². The lowest BCUT2D eigenvalue weighted by atomic mass is 10.1. The number of aromatic hydroxyl groups is 1. The fourth-order valence-electron chi connectivity index (χ4n) is 2.02. The van der Waals surface area contributed by atoms with Crippen molar-refractivity contribution in [3.63, 3.8) is 0 Å². The Labute approximate surface area is 118 Å². The molecule has 1 aromatic carbocycles. The molecular formula is C14H12F2N2O3. The van der Waals surface area contributed by atoms with Gasteiger partial charge in [-0.15, -0.1) is 0 Å². The summed E-state index contributed by atoms with van der Waals surface area (Å²) in [7, 11) is 0. The first kappa shape index (κ1) is 14.7. The van der Waals surface area contributed by atoms with Gasteiger partial charge in [0.1, 0.15) is 0 Å². The van der Waals surface area contributed by atoms with Crippen LogP contribution in [0.15, 0.2) is 23.0 Å². The van der Waals surface area contributed by atoms with Crippen molar-refractivity contribution in [1.29, 1.82) is 0 Å². The number of carbonyl (C=O) groups is 1. The molecule has 0 aliphatic heterocycles. The number of H-pyrrole nitrogens is 1. The number of aromatic nitrogens is 1. The molecule has 3 N–H and O–H groups in total. The Morgan fingerprint density at radius 1 is 1.29 bits per heavy atom. The predicted octanol–water partition coefficient (Wildman–Crippen LogP) is 2.23. The zero-order chi connectivity index (χ0) is 15.7. The second-order valence-electron chi connectivity index (χ2n) is 4.53. The van der Waals surface area contributed by atoms with Crippen molar-refractivity contribution in [3.05, 3.63) is 57.0 Å². The SMILES string of the molecule is Cc1cc(=O)[nH]c(C)c1C(=O)Nc1ccc(F)c(O)c1F. The molecule has 0 bridgehead atoms. The summed E-state index contributed by atoms with van der Waals surface area (Å²) in [5.41, 5.74) is 0.207. The van der Waals surface area contributed by atoms with Crippen molar-refractivity contribution in [2.24, 2.45) is 0 Å². The summed E-state index contributed by atoms with van der Waals surface area (Å²) in [4.78, 5) is 25.9. The van der Waals surface area contributed by atoms with E-state index in [4.69, 9.17) is 5.11 Å². The molecule has 21 heavy (non-hydrogen) atoms. The van der Waals surface area contributed by atoms with E-state index in [9.17, 15) is 18.4 Å². The highest BCUT2D eigenvalue weighted by Gasteiger charge is 2.18. The van der Waals surface area contributed by atoms with E-state index < -0.39 is 23.3 Å². The van der Waals surface area contributed by atoms with Crippen molar-refractivity contribution < 1.29 is 18.7 Å². The largest absolute Gasteiger partial charge is 0.503 e. The summed E-state index contributed by atoms with van der Waals surface area (Å²) in [6.45, 7) is 3.09. The fourth-order valence-corrected chi connectivity index (χ4v) is 2.02. The standard InChI is InChI=1S/C14H12F2N2O3/c1-6-5-10(19)17-7(2)11(6)14(21)18-9-4-3-8(15)13(20)12(9)16/h3-5,20H,1-2H3,(H,17,19)(H,18,21). The van der Waals surface area contributed by atoms with Gasteiger partial charge in [0.2, 0.25) is 5.56 Å². The van der Waals surface area contributed by atoms with Gasteiger partial charge in [0.05, 0.1) is 11.3 Å². The quantitative estimate of drug-likeness (QED) is 0.794. The van der Waals surface area contributed by atoms with E-state index in [2.05, 4.69) is 10.3 Å². The fraction of sp³-hybridized carbons (Fsp3) is 0.143. The number of phenolic OH excluding ortho intramolecular Hbond substituents is 1. The smallest absolute Gasteiger partial charge is 0.257 e. The number of amides is 1. The molecule has 0 aliphatic carbocycles. The van der Waals surface area contributed by atoms with Crippen LogP contribution in [-0.2, 0) is 0 Å². The lowest BCUT2D eigenvalue weighted by molar-refractivity contribution is 0.102. The summed E-state index contributed by atoms with van der Waals surface area (Å²) in [6, 6.07) is 3.07. The van der Waals surface area contributed by atoms with Gasteiger partial charge in [-0.25, -0.2) is 8.78 Å². The van der Waals surface area contributed by atoms with Crippen LogP contribution in [0.3, 0.4) is 0 Å². The van der Waals surface area contributed by atoms with Crippen molar-refractivity contribution in [1.82, 2.24) is 4.98 Å². The number of halogens is 2. The first-order chi connectivity index (χ1) is 9.81. The molecule has 1 aromatic heterocycles. The third kappa shape index (κ3) is 2.76. The minimum Gasteiger partial charge on any atom is -0.503 e. The highest BCUT2D eigenvalue weighted by Crippen LogP contribution is 2.27. The van der Waals surface area contributed by atoms with Gasteiger partial charge in [0, 0.05) is 11.8 Å². The van der Waals surface area contributed by atoms with Crippen LogP contribution in [0.1, 0.15) is 21.6 Å². The number of carbonyl (C=O) groups excluding carboxylic acids is 1. The van der Waals surface area contributed by atoms with Crippen LogP contribution in [0.5, 0.6) is 5.75 Å². The van der Waals surface area contributed by atoms with Crippen LogP contribution in [0, 0.1) is 25.5 Å².